The molecule has 0 spiro atoms. The number of carbonyl (C=O) groups excluding carboxylic acids is 2. The summed E-state index contributed by atoms with van der Waals surface area (Å²) in [5, 5.41) is 2.80. The average Bonchev–Trinajstić information content (AvgIpc) is 2.63. The summed E-state index contributed by atoms with van der Waals surface area (Å²) >= 11 is 0. The normalized spacial score (nSPS) is 17.6. The number of benzene rings is 2. The number of sulfone groups is 1. The van der Waals surface area contributed by atoms with Gasteiger partial charge in [-0.05, 0) is 42.7 Å². The van der Waals surface area contributed by atoms with Gasteiger partial charge in [0.05, 0.1) is 5.75 Å². The summed E-state index contributed by atoms with van der Waals surface area (Å²) in [6.45, 7) is 0.634. The van der Waals surface area contributed by atoms with Crippen molar-refractivity contribution in [3.8, 4) is 0 Å². The van der Waals surface area contributed by atoms with Gasteiger partial charge in [-0.3, -0.25) is 9.59 Å². The maximum absolute atomic E-state index is 12.7. The third-order valence-electron chi connectivity index (χ3n) is 4.46. The molecule has 27 heavy (non-hydrogen) atoms. The molecule has 1 aliphatic rings. The van der Waals surface area contributed by atoms with Crippen LogP contribution in [0.4, 0.5) is 5.69 Å². The number of anilines is 1. The van der Waals surface area contributed by atoms with E-state index in [0.717, 1.165) is 12.1 Å². The topological polar surface area (TPSA) is 83.6 Å². The number of para-hydroxylation sites is 1. The molecule has 1 unspecified atom stereocenters. The van der Waals surface area contributed by atoms with Crippen LogP contribution in [0.15, 0.2) is 54.6 Å². The van der Waals surface area contributed by atoms with Gasteiger partial charge in [-0.15, -0.1) is 0 Å². The Balaban J connectivity index is 1.67. The largest absolute Gasteiger partial charge is 0.340 e. The zero-order valence-electron chi connectivity index (χ0n) is 15.1. The smallest absolute Gasteiger partial charge is 0.251 e. The number of hydrogen-bond donors (Lipinski definition) is 1. The fraction of sp³-hybridized carbons (Fsp3) is 0.300. The molecular formula is C20H22N2O4S. The van der Waals surface area contributed by atoms with Crippen LogP contribution < -0.4 is 10.2 Å². The van der Waals surface area contributed by atoms with Crippen LogP contribution in [-0.2, 0) is 20.4 Å². The number of nitrogens with one attached hydrogen (secondary N) is 1. The van der Waals surface area contributed by atoms with Crippen molar-refractivity contribution in [3.63, 3.8) is 0 Å². The first-order valence-corrected chi connectivity index (χ1v) is 10.8. The lowest BCUT2D eigenvalue weighted by atomic mass is 10.0. The molecule has 6 nitrogen and oxygen atoms in total. The highest BCUT2D eigenvalue weighted by Crippen LogP contribution is 2.21. The first-order valence-electron chi connectivity index (χ1n) is 8.77. The van der Waals surface area contributed by atoms with Crippen molar-refractivity contribution in [2.75, 3.05) is 17.7 Å². The standard InChI is InChI=1S/C20H22N2O4S/c1-27(25,26)14-15-9-11-16(12-10-15)19(23)21-18-8-5-13-22(20(18)24)17-6-3-2-4-7-17/h2-4,6-7,9-12,18H,5,8,13-14H2,1H3,(H,21,23). The fourth-order valence-corrected chi connectivity index (χ4v) is 3.97. The van der Waals surface area contributed by atoms with Crippen molar-refractivity contribution in [2.24, 2.45) is 0 Å². The highest BCUT2D eigenvalue weighted by Gasteiger charge is 2.30. The molecule has 2 amide bonds. The van der Waals surface area contributed by atoms with E-state index in [2.05, 4.69) is 5.32 Å². The van der Waals surface area contributed by atoms with E-state index in [4.69, 9.17) is 0 Å². The number of carbonyl (C=O) groups is 2. The second-order valence-electron chi connectivity index (χ2n) is 6.76. The van der Waals surface area contributed by atoms with Crippen LogP contribution in [0.1, 0.15) is 28.8 Å². The summed E-state index contributed by atoms with van der Waals surface area (Å²) in [5.41, 5.74) is 1.85. The quantitative estimate of drug-likeness (QED) is 0.854. The first kappa shape index (κ1) is 19.1. The first-order chi connectivity index (χ1) is 12.8. The minimum absolute atomic E-state index is 0.0674. The van der Waals surface area contributed by atoms with Crippen molar-refractivity contribution in [1.82, 2.24) is 5.32 Å². The Morgan fingerprint density at radius 3 is 2.41 bits per heavy atom. The molecule has 1 N–H and O–H groups in total. The second kappa shape index (κ2) is 7.92. The molecule has 1 atom stereocenters. The van der Waals surface area contributed by atoms with Gasteiger partial charge >= 0.3 is 0 Å². The Morgan fingerprint density at radius 2 is 1.78 bits per heavy atom. The Morgan fingerprint density at radius 1 is 1.11 bits per heavy atom. The van der Waals surface area contributed by atoms with E-state index >= 15 is 0 Å². The number of rotatable bonds is 5. The van der Waals surface area contributed by atoms with Crippen molar-refractivity contribution in [2.45, 2.75) is 24.6 Å². The number of amides is 2. The van der Waals surface area contributed by atoms with Gasteiger partial charge in [-0.2, -0.15) is 0 Å². The Kier molecular flexibility index (Phi) is 5.60. The van der Waals surface area contributed by atoms with Crippen LogP contribution >= 0.6 is 0 Å². The van der Waals surface area contributed by atoms with Crippen molar-refractivity contribution < 1.29 is 18.0 Å². The minimum atomic E-state index is -3.12. The molecule has 142 valence electrons. The van der Waals surface area contributed by atoms with E-state index in [0.29, 0.717) is 24.1 Å². The molecule has 0 bridgehead atoms. The Labute approximate surface area is 159 Å². The molecule has 1 heterocycles. The third kappa shape index (κ3) is 4.95. The fourth-order valence-electron chi connectivity index (χ4n) is 3.17. The lowest BCUT2D eigenvalue weighted by Crippen LogP contribution is -2.52. The minimum Gasteiger partial charge on any atom is -0.340 e. The molecule has 1 fully saturated rings. The van der Waals surface area contributed by atoms with Gasteiger partial charge in [0.25, 0.3) is 5.91 Å². The Bertz CT molecular complexity index is 924. The van der Waals surface area contributed by atoms with Gasteiger partial charge in [0.1, 0.15) is 6.04 Å². The summed E-state index contributed by atoms with van der Waals surface area (Å²) in [4.78, 5) is 26.9. The molecular weight excluding hydrogens is 364 g/mol. The van der Waals surface area contributed by atoms with E-state index in [9.17, 15) is 18.0 Å². The molecule has 1 aliphatic heterocycles. The maximum atomic E-state index is 12.7. The summed E-state index contributed by atoms with van der Waals surface area (Å²) in [5.74, 6) is -0.522. The lowest BCUT2D eigenvalue weighted by molar-refractivity contribution is -0.121. The highest BCUT2D eigenvalue weighted by molar-refractivity contribution is 7.89. The van der Waals surface area contributed by atoms with Crippen LogP contribution in [0.2, 0.25) is 0 Å². The number of piperidine rings is 1. The van der Waals surface area contributed by atoms with Crippen LogP contribution in [0.3, 0.4) is 0 Å². The molecule has 0 aliphatic carbocycles. The molecule has 7 heteroatoms. The average molecular weight is 386 g/mol. The predicted octanol–water partition coefficient (Wildman–Crippen LogP) is 2.16. The van der Waals surface area contributed by atoms with Gasteiger partial charge in [-0.1, -0.05) is 30.3 Å². The van der Waals surface area contributed by atoms with Crippen molar-refractivity contribution >= 4 is 27.3 Å². The molecule has 2 aromatic rings. The van der Waals surface area contributed by atoms with Crippen LogP contribution in [-0.4, -0.2) is 39.1 Å². The summed E-state index contributed by atoms with van der Waals surface area (Å²) in [7, 11) is -3.12. The van der Waals surface area contributed by atoms with Gasteiger partial charge in [-0.25, -0.2) is 8.42 Å². The van der Waals surface area contributed by atoms with E-state index in [1.807, 2.05) is 30.3 Å². The molecule has 0 aromatic heterocycles. The summed E-state index contributed by atoms with van der Waals surface area (Å²) in [6, 6.07) is 15.2. The summed E-state index contributed by atoms with van der Waals surface area (Å²) < 4.78 is 22.7. The van der Waals surface area contributed by atoms with Gasteiger partial charge < -0.3 is 10.2 Å². The second-order valence-corrected chi connectivity index (χ2v) is 8.90. The molecule has 3 rings (SSSR count). The van der Waals surface area contributed by atoms with Crippen molar-refractivity contribution in [3.05, 3.63) is 65.7 Å². The SMILES string of the molecule is CS(=O)(=O)Cc1ccc(C(=O)NC2CCCN(c3ccccc3)C2=O)cc1. The molecule has 2 aromatic carbocycles. The van der Waals surface area contributed by atoms with E-state index < -0.39 is 15.9 Å². The summed E-state index contributed by atoms with van der Waals surface area (Å²) in [6.07, 6.45) is 2.57. The Hall–Kier alpha value is -2.67. The highest BCUT2D eigenvalue weighted by atomic mass is 32.2. The third-order valence-corrected chi connectivity index (χ3v) is 5.31. The van der Waals surface area contributed by atoms with E-state index in [1.165, 1.54) is 6.26 Å². The molecule has 1 saturated heterocycles. The zero-order chi connectivity index (χ0) is 19.4. The van der Waals surface area contributed by atoms with Gasteiger partial charge in [0, 0.05) is 24.1 Å². The van der Waals surface area contributed by atoms with E-state index in [-0.39, 0.29) is 17.6 Å². The molecule has 0 saturated carbocycles. The van der Waals surface area contributed by atoms with Gasteiger partial charge in [0.2, 0.25) is 5.91 Å². The predicted molar refractivity (Wildman–Crippen MR) is 104 cm³/mol. The van der Waals surface area contributed by atoms with Crippen LogP contribution in [0.25, 0.3) is 0 Å². The van der Waals surface area contributed by atoms with Gasteiger partial charge in [0.15, 0.2) is 9.84 Å². The lowest BCUT2D eigenvalue weighted by Gasteiger charge is -2.32. The van der Waals surface area contributed by atoms with Crippen LogP contribution in [0, 0.1) is 0 Å². The van der Waals surface area contributed by atoms with Crippen molar-refractivity contribution in [1.29, 1.82) is 0 Å². The monoisotopic (exact) mass is 386 g/mol. The molecule has 0 radical (unpaired) electrons. The maximum Gasteiger partial charge on any atom is 0.251 e. The number of hydrogen-bond acceptors (Lipinski definition) is 4. The zero-order valence-corrected chi connectivity index (χ0v) is 15.9. The van der Waals surface area contributed by atoms with Crippen LogP contribution in [0.5, 0.6) is 0 Å². The number of nitrogens with zero attached hydrogens (tertiary/aromatic N) is 1. The van der Waals surface area contributed by atoms with E-state index in [1.54, 1.807) is 29.2 Å².